The summed E-state index contributed by atoms with van der Waals surface area (Å²) < 4.78 is 0. The van der Waals surface area contributed by atoms with Crippen molar-refractivity contribution in [2.24, 2.45) is 0 Å². The second kappa shape index (κ2) is 5.21. The smallest absolute Gasteiger partial charge is 0.241 e. The molecule has 0 N–H and O–H groups in total. The minimum absolute atomic E-state index is 0.145. The molecule has 0 spiro atoms. The maximum absolute atomic E-state index is 11.9. The van der Waals surface area contributed by atoms with Crippen molar-refractivity contribution in [3.05, 3.63) is 29.3 Å². The van der Waals surface area contributed by atoms with Crippen molar-refractivity contribution in [2.75, 3.05) is 31.6 Å². The first-order valence-corrected chi connectivity index (χ1v) is 6.16. The van der Waals surface area contributed by atoms with Crippen molar-refractivity contribution in [1.82, 2.24) is 4.90 Å². The van der Waals surface area contributed by atoms with E-state index >= 15 is 0 Å². The molecule has 96 valence electrons. The van der Waals surface area contributed by atoms with E-state index in [0.717, 1.165) is 37.0 Å². The highest BCUT2D eigenvalue weighted by atomic mass is 16.2. The van der Waals surface area contributed by atoms with Crippen LogP contribution in [0, 0.1) is 6.92 Å². The molecule has 0 aliphatic carbocycles. The molecule has 1 saturated heterocycles. The minimum Gasteiger partial charge on any atom is -0.362 e. The van der Waals surface area contributed by atoms with E-state index in [-0.39, 0.29) is 5.91 Å². The number of benzene rings is 1. The van der Waals surface area contributed by atoms with Crippen LogP contribution in [0.5, 0.6) is 0 Å². The quantitative estimate of drug-likeness (QED) is 0.742. The summed E-state index contributed by atoms with van der Waals surface area (Å²) >= 11 is 0. The first-order valence-electron chi connectivity index (χ1n) is 6.16. The van der Waals surface area contributed by atoms with Crippen molar-refractivity contribution in [2.45, 2.75) is 13.3 Å². The van der Waals surface area contributed by atoms with Gasteiger partial charge in [0.2, 0.25) is 5.91 Å². The zero-order valence-electron chi connectivity index (χ0n) is 10.8. The largest absolute Gasteiger partial charge is 0.362 e. The average molecular weight is 246 g/mol. The van der Waals surface area contributed by atoms with E-state index in [2.05, 4.69) is 4.90 Å². The van der Waals surface area contributed by atoms with E-state index in [9.17, 15) is 9.59 Å². The fourth-order valence-electron chi connectivity index (χ4n) is 2.30. The molecule has 0 saturated carbocycles. The number of amides is 1. The molecule has 2 rings (SSSR count). The van der Waals surface area contributed by atoms with E-state index in [1.807, 2.05) is 26.1 Å². The summed E-state index contributed by atoms with van der Waals surface area (Å²) in [7, 11) is 1.84. The van der Waals surface area contributed by atoms with Crippen molar-refractivity contribution in [1.29, 1.82) is 0 Å². The third-order valence-corrected chi connectivity index (χ3v) is 3.37. The highest BCUT2D eigenvalue weighted by Crippen LogP contribution is 2.22. The number of hydrogen-bond donors (Lipinski definition) is 0. The molecule has 1 aliphatic rings. The zero-order valence-corrected chi connectivity index (χ0v) is 10.8. The van der Waals surface area contributed by atoms with Gasteiger partial charge in [0.15, 0.2) is 0 Å². The van der Waals surface area contributed by atoms with Gasteiger partial charge in [0, 0.05) is 31.4 Å². The van der Waals surface area contributed by atoms with Crippen LogP contribution in [0.3, 0.4) is 0 Å². The van der Waals surface area contributed by atoms with Crippen LogP contribution in [0.4, 0.5) is 5.69 Å². The van der Waals surface area contributed by atoms with E-state index in [4.69, 9.17) is 0 Å². The number of anilines is 1. The first-order chi connectivity index (χ1) is 8.61. The molecule has 0 atom stereocenters. The number of rotatable bonds is 2. The monoisotopic (exact) mass is 246 g/mol. The van der Waals surface area contributed by atoms with Gasteiger partial charge in [-0.2, -0.15) is 0 Å². The molecule has 1 amide bonds. The minimum atomic E-state index is 0.145. The zero-order chi connectivity index (χ0) is 13.1. The predicted molar refractivity (Wildman–Crippen MR) is 71.0 cm³/mol. The van der Waals surface area contributed by atoms with E-state index < -0.39 is 0 Å². The highest BCUT2D eigenvalue weighted by Gasteiger charge is 2.20. The Bertz CT molecular complexity index is 471. The lowest BCUT2D eigenvalue weighted by Crippen LogP contribution is -2.34. The SMILES string of the molecule is Cc1cc(C=O)ccc1N1CCCN(C)C(=O)C1. The third kappa shape index (κ3) is 2.53. The number of aldehydes is 1. The maximum Gasteiger partial charge on any atom is 0.241 e. The molecule has 18 heavy (non-hydrogen) atoms. The van der Waals surface area contributed by atoms with Gasteiger partial charge in [-0.25, -0.2) is 0 Å². The standard InChI is InChI=1S/C14H18N2O2/c1-11-8-12(10-17)4-5-13(11)16-7-3-6-15(2)14(18)9-16/h4-5,8,10H,3,6-7,9H2,1-2H3. The molecule has 4 nitrogen and oxygen atoms in total. The van der Waals surface area contributed by atoms with E-state index in [1.54, 1.807) is 11.0 Å². The van der Waals surface area contributed by atoms with E-state index in [1.165, 1.54) is 0 Å². The van der Waals surface area contributed by atoms with Crippen LogP contribution < -0.4 is 4.90 Å². The molecular formula is C14H18N2O2. The van der Waals surface area contributed by atoms with Crippen molar-refractivity contribution in [3.8, 4) is 0 Å². The Labute approximate surface area is 107 Å². The second-order valence-corrected chi connectivity index (χ2v) is 4.75. The lowest BCUT2D eigenvalue weighted by Gasteiger charge is -2.24. The molecule has 0 aromatic heterocycles. The van der Waals surface area contributed by atoms with Crippen LogP contribution in [0.15, 0.2) is 18.2 Å². The number of carbonyl (C=O) groups is 2. The maximum atomic E-state index is 11.9. The van der Waals surface area contributed by atoms with Crippen LogP contribution in [-0.2, 0) is 4.79 Å². The van der Waals surface area contributed by atoms with Crippen molar-refractivity contribution < 1.29 is 9.59 Å². The Morgan fingerprint density at radius 1 is 1.28 bits per heavy atom. The fraction of sp³-hybridized carbons (Fsp3) is 0.429. The molecule has 1 fully saturated rings. The molecule has 0 unspecified atom stereocenters. The van der Waals surface area contributed by atoms with Gasteiger partial charge in [-0.1, -0.05) is 0 Å². The highest BCUT2D eigenvalue weighted by molar-refractivity contribution is 5.83. The summed E-state index contributed by atoms with van der Waals surface area (Å²) in [6.07, 6.45) is 1.81. The van der Waals surface area contributed by atoms with Crippen LogP contribution in [0.25, 0.3) is 0 Å². The molecule has 1 heterocycles. The van der Waals surface area contributed by atoms with Crippen LogP contribution >= 0.6 is 0 Å². The average Bonchev–Trinajstić information content (AvgIpc) is 2.52. The van der Waals surface area contributed by atoms with Gasteiger partial charge in [0.1, 0.15) is 6.29 Å². The molecule has 4 heteroatoms. The lowest BCUT2D eigenvalue weighted by molar-refractivity contribution is -0.127. The topological polar surface area (TPSA) is 40.6 Å². The van der Waals surface area contributed by atoms with Crippen molar-refractivity contribution >= 4 is 17.9 Å². The van der Waals surface area contributed by atoms with Gasteiger partial charge < -0.3 is 9.80 Å². The Kier molecular flexibility index (Phi) is 3.65. The number of hydrogen-bond acceptors (Lipinski definition) is 3. The second-order valence-electron chi connectivity index (χ2n) is 4.75. The summed E-state index contributed by atoms with van der Waals surface area (Å²) in [4.78, 5) is 26.4. The summed E-state index contributed by atoms with van der Waals surface area (Å²) in [5.41, 5.74) is 2.76. The third-order valence-electron chi connectivity index (χ3n) is 3.37. The summed E-state index contributed by atoms with van der Waals surface area (Å²) in [5, 5.41) is 0. The number of carbonyl (C=O) groups excluding carboxylic acids is 2. The normalized spacial score (nSPS) is 16.7. The first kappa shape index (κ1) is 12.6. The molecular weight excluding hydrogens is 228 g/mol. The lowest BCUT2D eigenvalue weighted by atomic mass is 10.1. The summed E-state index contributed by atoms with van der Waals surface area (Å²) in [6, 6.07) is 5.59. The van der Waals surface area contributed by atoms with Crippen LogP contribution in [0.2, 0.25) is 0 Å². The summed E-state index contributed by atoms with van der Waals surface area (Å²) in [5.74, 6) is 0.145. The molecule has 0 bridgehead atoms. The number of aryl methyl sites for hydroxylation is 1. The van der Waals surface area contributed by atoms with Gasteiger partial charge in [-0.15, -0.1) is 0 Å². The van der Waals surface area contributed by atoms with E-state index in [0.29, 0.717) is 12.1 Å². The van der Waals surface area contributed by atoms with Gasteiger partial charge >= 0.3 is 0 Å². The number of nitrogens with zero attached hydrogens (tertiary/aromatic N) is 2. The Hall–Kier alpha value is -1.84. The number of likely N-dealkylation sites (N-methyl/N-ethyl adjacent to an activating group) is 1. The van der Waals surface area contributed by atoms with Gasteiger partial charge in [-0.05, 0) is 37.1 Å². The molecule has 1 aromatic rings. The van der Waals surface area contributed by atoms with Gasteiger partial charge in [0.25, 0.3) is 0 Å². The Morgan fingerprint density at radius 2 is 2.06 bits per heavy atom. The predicted octanol–water partition coefficient (Wildman–Crippen LogP) is 1.48. The summed E-state index contributed by atoms with van der Waals surface area (Å²) in [6.45, 7) is 4.07. The van der Waals surface area contributed by atoms with Gasteiger partial charge in [0.05, 0.1) is 6.54 Å². The molecule has 1 aromatic carbocycles. The van der Waals surface area contributed by atoms with Gasteiger partial charge in [-0.3, -0.25) is 9.59 Å². The van der Waals surface area contributed by atoms with Crippen LogP contribution in [-0.4, -0.2) is 43.8 Å². The van der Waals surface area contributed by atoms with Crippen molar-refractivity contribution in [3.63, 3.8) is 0 Å². The van der Waals surface area contributed by atoms with Crippen LogP contribution in [0.1, 0.15) is 22.3 Å². The molecule has 1 aliphatic heterocycles. The molecule has 0 radical (unpaired) electrons. The Morgan fingerprint density at radius 3 is 2.72 bits per heavy atom. The fourth-order valence-corrected chi connectivity index (χ4v) is 2.30. The Balaban J connectivity index is 2.25.